The molecular weight excluding hydrogens is 268 g/mol. The van der Waals surface area contributed by atoms with E-state index in [1.54, 1.807) is 19.1 Å². The van der Waals surface area contributed by atoms with E-state index >= 15 is 0 Å². The molecule has 0 aliphatic carbocycles. The Bertz CT molecular complexity index is 479. The maximum atomic E-state index is 12.2. The molecule has 5 heteroatoms. The number of hydrogen-bond acceptors (Lipinski definition) is 3. The van der Waals surface area contributed by atoms with Crippen molar-refractivity contribution in [1.82, 2.24) is 4.90 Å². The number of ether oxygens (including phenoxy) is 1. The number of nitrogens with one attached hydrogen (secondary N) is 1. The van der Waals surface area contributed by atoms with Gasteiger partial charge in [0, 0.05) is 18.8 Å². The molecule has 114 valence electrons. The van der Waals surface area contributed by atoms with E-state index in [9.17, 15) is 9.59 Å². The predicted molar refractivity (Wildman–Crippen MR) is 81.2 cm³/mol. The number of anilines is 1. The van der Waals surface area contributed by atoms with Gasteiger partial charge in [0.25, 0.3) is 0 Å². The quantitative estimate of drug-likeness (QED) is 0.927. The number of amides is 2. The van der Waals surface area contributed by atoms with Crippen LogP contribution in [0.3, 0.4) is 0 Å². The van der Waals surface area contributed by atoms with Gasteiger partial charge in [0.15, 0.2) is 0 Å². The summed E-state index contributed by atoms with van der Waals surface area (Å²) in [4.78, 5) is 25.4. The predicted octanol–water partition coefficient (Wildman–Crippen LogP) is 2.81. The highest BCUT2D eigenvalue weighted by Crippen LogP contribution is 2.14. The van der Waals surface area contributed by atoms with Gasteiger partial charge in [-0.15, -0.1) is 0 Å². The Kier molecular flexibility index (Phi) is 5.60. The van der Waals surface area contributed by atoms with Crippen molar-refractivity contribution in [2.75, 3.05) is 25.0 Å². The molecule has 0 aromatic heterocycles. The van der Waals surface area contributed by atoms with Crippen LogP contribution in [0.2, 0.25) is 0 Å². The molecule has 2 amide bonds. The van der Waals surface area contributed by atoms with Gasteiger partial charge < -0.3 is 9.64 Å². The van der Waals surface area contributed by atoms with Gasteiger partial charge in [0.2, 0.25) is 5.91 Å². The van der Waals surface area contributed by atoms with Crippen LogP contribution >= 0.6 is 0 Å². The second-order valence-corrected chi connectivity index (χ2v) is 5.16. The van der Waals surface area contributed by atoms with Gasteiger partial charge in [-0.2, -0.15) is 0 Å². The Balaban J connectivity index is 1.86. The number of rotatable bonds is 4. The third-order valence-electron chi connectivity index (χ3n) is 3.54. The van der Waals surface area contributed by atoms with E-state index in [0.29, 0.717) is 18.7 Å². The maximum Gasteiger partial charge on any atom is 0.411 e. The molecule has 1 aliphatic heterocycles. The van der Waals surface area contributed by atoms with Crippen LogP contribution in [0.4, 0.5) is 10.5 Å². The summed E-state index contributed by atoms with van der Waals surface area (Å²) >= 11 is 0. The van der Waals surface area contributed by atoms with E-state index in [-0.39, 0.29) is 5.91 Å². The first kappa shape index (κ1) is 15.4. The fourth-order valence-corrected chi connectivity index (χ4v) is 2.42. The maximum absolute atomic E-state index is 12.2. The largest absolute Gasteiger partial charge is 0.450 e. The van der Waals surface area contributed by atoms with Crippen LogP contribution < -0.4 is 5.32 Å². The summed E-state index contributed by atoms with van der Waals surface area (Å²) in [5.41, 5.74) is 1.63. The molecule has 1 aromatic carbocycles. The Labute approximate surface area is 125 Å². The second-order valence-electron chi connectivity index (χ2n) is 5.16. The first-order chi connectivity index (χ1) is 10.2. The van der Waals surface area contributed by atoms with Gasteiger partial charge >= 0.3 is 6.09 Å². The number of hydrogen-bond donors (Lipinski definition) is 1. The highest BCUT2D eigenvalue weighted by atomic mass is 16.5. The third kappa shape index (κ3) is 4.77. The van der Waals surface area contributed by atoms with Crippen LogP contribution in [0, 0.1) is 0 Å². The van der Waals surface area contributed by atoms with Crippen LogP contribution in [-0.4, -0.2) is 36.6 Å². The SMILES string of the molecule is CCOC(=O)Nc1ccc(CC(=O)N2CCCCC2)cc1. The monoisotopic (exact) mass is 290 g/mol. The zero-order valence-corrected chi connectivity index (χ0v) is 12.4. The van der Waals surface area contributed by atoms with Crippen molar-refractivity contribution in [3.63, 3.8) is 0 Å². The topological polar surface area (TPSA) is 58.6 Å². The van der Waals surface area contributed by atoms with Crippen LogP contribution in [0.15, 0.2) is 24.3 Å². The molecule has 21 heavy (non-hydrogen) atoms. The molecule has 2 rings (SSSR count). The zero-order chi connectivity index (χ0) is 15.1. The van der Waals surface area contributed by atoms with Gasteiger partial charge in [0.1, 0.15) is 0 Å². The molecule has 0 saturated carbocycles. The fourth-order valence-electron chi connectivity index (χ4n) is 2.42. The number of nitrogens with zero attached hydrogens (tertiary/aromatic N) is 1. The molecule has 1 N–H and O–H groups in total. The molecule has 1 aliphatic rings. The minimum Gasteiger partial charge on any atom is -0.450 e. The molecule has 5 nitrogen and oxygen atoms in total. The average Bonchev–Trinajstić information content (AvgIpc) is 2.50. The van der Waals surface area contributed by atoms with Crippen LogP contribution in [0.25, 0.3) is 0 Å². The van der Waals surface area contributed by atoms with E-state index in [1.165, 1.54) is 6.42 Å². The summed E-state index contributed by atoms with van der Waals surface area (Å²) in [5, 5.41) is 2.63. The number of benzene rings is 1. The van der Waals surface area contributed by atoms with Crippen molar-refractivity contribution in [2.24, 2.45) is 0 Å². The van der Waals surface area contributed by atoms with Crippen molar-refractivity contribution in [3.8, 4) is 0 Å². The lowest BCUT2D eigenvalue weighted by Gasteiger charge is -2.26. The van der Waals surface area contributed by atoms with Gasteiger partial charge in [0.05, 0.1) is 13.0 Å². The van der Waals surface area contributed by atoms with E-state index in [0.717, 1.165) is 31.5 Å². The van der Waals surface area contributed by atoms with Crippen LogP contribution in [0.5, 0.6) is 0 Å². The first-order valence-electron chi connectivity index (χ1n) is 7.49. The smallest absolute Gasteiger partial charge is 0.411 e. The highest BCUT2D eigenvalue weighted by molar-refractivity contribution is 5.84. The molecule has 0 radical (unpaired) electrons. The van der Waals surface area contributed by atoms with Crippen molar-refractivity contribution < 1.29 is 14.3 Å². The summed E-state index contributed by atoms with van der Waals surface area (Å²) in [5.74, 6) is 0.181. The van der Waals surface area contributed by atoms with Gasteiger partial charge in [-0.1, -0.05) is 12.1 Å². The molecule has 0 atom stereocenters. The summed E-state index contributed by atoms with van der Waals surface area (Å²) in [6, 6.07) is 7.30. The Morgan fingerprint density at radius 1 is 1.14 bits per heavy atom. The lowest BCUT2D eigenvalue weighted by molar-refractivity contribution is -0.131. The first-order valence-corrected chi connectivity index (χ1v) is 7.49. The average molecular weight is 290 g/mol. The molecule has 1 fully saturated rings. The number of piperidine rings is 1. The Morgan fingerprint density at radius 2 is 1.81 bits per heavy atom. The molecular formula is C16H22N2O3. The van der Waals surface area contributed by atoms with E-state index in [1.807, 2.05) is 17.0 Å². The normalized spacial score (nSPS) is 14.6. The van der Waals surface area contributed by atoms with Crippen molar-refractivity contribution in [2.45, 2.75) is 32.6 Å². The van der Waals surface area contributed by atoms with Crippen molar-refractivity contribution >= 4 is 17.7 Å². The van der Waals surface area contributed by atoms with Gasteiger partial charge in [-0.05, 0) is 43.9 Å². The number of carbonyl (C=O) groups excluding carboxylic acids is 2. The third-order valence-corrected chi connectivity index (χ3v) is 3.54. The Hall–Kier alpha value is -2.04. The Morgan fingerprint density at radius 3 is 2.43 bits per heavy atom. The summed E-state index contributed by atoms with van der Waals surface area (Å²) < 4.78 is 4.81. The molecule has 0 bridgehead atoms. The number of likely N-dealkylation sites (tertiary alicyclic amines) is 1. The standard InChI is InChI=1S/C16H22N2O3/c1-2-21-16(20)17-14-8-6-13(7-9-14)12-15(19)18-10-4-3-5-11-18/h6-9H,2-5,10-12H2,1H3,(H,17,20). The van der Waals surface area contributed by atoms with Crippen LogP contribution in [0.1, 0.15) is 31.7 Å². The summed E-state index contributed by atoms with van der Waals surface area (Å²) in [6.07, 6.45) is 3.38. The summed E-state index contributed by atoms with van der Waals surface area (Å²) in [6.45, 7) is 3.85. The minimum atomic E-state index is -0.463. The zero-order valence-electron chi connectivity index (χ0n) is 12.4. The number of carbonyl (C=O) groups is 2. The van der Waals surface area contributed by atoms with Gasteiger partial charge in [-0.25, -0.2) is 4.79 Å². The molecule has 1 saturated heterocycles. The van der Waals surface area contributed by atoms with Crippen molar-refractivity contribution in [1.29, 1.82) is 0 Å². The van der Waals surface area contributed by atoms with E-state index < -0.39 is 6.09 Å². The van der Waals surface area contributed by atoms with Crippen molar-refractivity contribution in [3.05, 3.63) is 29.8 Å². The molecule has 1 heterocycles. The van der Waals surface area contributed by atoms with E-state index in [4.69, 9.17) is 4.74 Å². The lowest BCUT2D eigenvalue weighted by atomic mass is 10.1. The molecule has 1 aromatic rings. The van der Waals surface area contributed by atoms with E-state index in [2.05, 4.69) is 5.32 Å². The highest BCUT2D eigenvalue weighted by Gasteiger charge is 2.16. The van der Waals surface area contributed by atoms with Gasteiger partial charge in [-0.3, -0.25) is 10.1 Å². The second kappa shape index (κ2) is 7.67. The molecule has 0 unspecified atom stereocenters. The van der Waals surface area contributed by atoms with Crippen LogP contribution in [-0.2, 0) is 16.0 Å². The fraction of sp³-hybridized carbons (Fsp3) is 0.500. The lowest BCUT2D eigenvalue weighted by Crippen LogP contribution is -2.36. The summed E-state index contributed by atoms with van der Waals surface area (Å²) in [7, 11) is 0. The molecule has 0 spiro atoms. The minimum absolute atomic E-state index is 0.181.